The van der Waals surface area contributed by atoms with Gasteiger partial charge in [-0.05, 0) is 19.8 Å². The van der Waals surface area contributed by atoms with Crippen LogP contribution in [0.4, 0.5) is 5.82 Å². The molecular formula is C12H20N4OS. The topological polar surface area (TPSA) is 72.9 Å². The number of nitrogens with two attached hydrogens (primary N) is 1. The zero-order chi connectivity index (χ0) is 13.9. The van der Waals surface area contributed by atoms with E-state index in [4.69, 9.17) is 18.0 Å². The summed E-state index contributed by atoms with van der Waals surface area (Å²) in [7, 11) is 1.82. The lowest BCUT2D eigenvalue weighted by molar-refractivity contribution is -0.122. The molecular weight excluding hydrogens is 248 g/mol. The van der Waals surface area contributed by atoms with E-state index in [0.717, 1.165) is 5.69 Å². The predicted molar refractivity (Wildman–Crippen MR) is 76.4 cm³/mol. The summed E-state index contributed by atoms with van der Waals surface area (Å²) in [5.74, 6) is 0.348. The van der Waals surface area contributed by atoms with Crippen LogP contribution in [0.15, 0.2) is 6.07 Å². The van der Waals surface area contributed by atoms with Gasteiger partial charge in [-0.2, -0.15) is 5.10 Å². The van der Waals surface area contributed by atoms with E-state index in [0.29, 0.717) is 18.7 Å². The highest BCUT2D eigenvalue weighted by Crippen LogP contribution is 2.28. The molecule has 100 valence electrons. The standard InChI is InChI=1S/C12H20N4OS/c1-5-12(6-2,10(13)18)11(17)14-9-7-8(3)16(4)15-9/h7H,5-6H2,1-4H3,(H2,13,18)(H,14,15,17). The maximum Gasteiger partial charge on any atom is 0.238 e. The van der Waals surface area contributed by atoms with Crippen molar-refractivity contribution in [3.63, 3.8) is 0 Å². The highest BCUT2D eigenvalue weighted by molar-refractivity contribution is 7.80. The number of amides is 1. The largest absolute Gasteiger partial charge is 0.392 e. The fourth-order valence-electron chi connectivity index (χ4n) is 1.89. The molecule has 1 rings (SSSR count). The van der Waals surface area contributed by atoms with Crippen molar-refractivity contribution in [3.05, 3.63) is 11.8 Å². The molecule has 0 bridgehead atoms. The molecule has 5 nitrogen and oxygen atoms in total. The zero-order valence-corrected chi connectivity index (χ0v) is 12.1. The Hall–Kier alpha value is -1.43. The second kappa shape index (κ2) is 5.48. The molecule has 0 unspecified atom stereocenters. The second-order valence-electron chi connectivity index (χ2n) is 4.40. The number of aryl methyl sites for hydroxylation is 2. The molecule has 0 radical (unpaired) electrons. The molecule has 0 saturated heterocycles. The fourth-order valence-corrected chi connectivity index (χ4v) is 2.27. The lowest BCUT2D eigenvalue weighted by atomic mass is 9.81. The van der Waals surface area contributed by atoms with Crippen molar-refractivity contribution in [1.82, 2.24) is 9.78 Å². The first-order valence-corrected chi connectivity index (χ1v) is 6.40. The average molecular weight is 268 g/mol. The Morgan fingerprint density at radius 1 is 1.56 bits per heavy atom. The Morgan fingerprint density at radius 3 is 2.44 bits per heavy atom. The lowest BCUT2D eigenvalue weighted by Crippen LogP contribution is -2.45. The number of hydrogen-bond acceptors (Lipinski definition) is 3. The van der Waals surface area contributed by atoms with Crippen LogP contribution in [-0.4, -0.2) is 20.7 Å². The van der Waals surface area contributed by atoms with Gasteiger partial charge in [0.1, 0.15) is 0 Å². The molecule has 0 aliphatic rings. The van der Waals surface area contributed by atoms with Crippen molar-refractivity contribution in [2.75, 3.05) is 5.32 Å². The first-order valence-electron chi connectivity index (χ1n) is 5.99. The van der Waals surface area contributed by atoms with Gasteiger partial charge in [-0.25, -0.2) is 0 Å². The Bertz CT molecular complexity index is 443. The third-order valence-corrected chi connectivity index (χ3v) is 3.86. The minimum Gasteiger partial charge on any atom is -0.392 e. The van der Waals surface area contributed by atoms with Gasteiger partial charge in [0.15, 0.2) is 5.82 Å². The molecule has 0 aromatic carbocycles. The van der Waals surface area contributed by atoms with Crippen LogP contribution in [-0.2, 0) is 11.8 Å². The van der Waals surface area contributed by atoms with E-state index < -0.39 is 5.41 Å². The van der Waals surface area contributed by atoms with Crippen LogP contribution in [0.5, 0.6) is 0 Å². The van der Waals surface area contributed by atoms with Gasteiger partial charge >= 0.3 is 0 Å². The van der Waals surface area contributed by atoms with Gasteiger partial charge in [-0.3, -0.25) is 9.48 Å². The summed E-state index contributed by atoms with van der Waals surface area (Å²) in [6.45, 7) is 5.74. The van der Waals surface area contributed by atoms with Crippen molar-refractivity contribution in [1.29, 1.82) is 0 Å². The zero-order valence-electron chi connectivity index (χ0n) is 11.3. The number of aromatic nitrogens is 2. The molecule has 0 fully saturated rings. The molecule has 1 aromatic heterocycles. The summed E-state index contributed by atoms with van der Waals surface area (Å²) in [6, 6.07) is 1.81. The van der Waals surface area contributed by atoms with E-state index in [1.807, 2.05) is 33.9 Å². The maximum absolute atomic E-state index is 12.3. The number of nitrogens with one attached hydrogen (secondary N) is 1. The molecule has 0 saturated carbocycles. The predicted octanol–water partition coefficient (Wildman–Crippen LogP) is 1.76. The second-order valence-corrected chi connectivity index (χ2v) is 4.84. The van der Waals surface area contributed by atoms with E-state index in [1.165, 1.54) is 0 Å². The normalized spacial score (nSPS) is 11.3. The third-order valence-electron chi connectivity index (χ3n) is 3.47. The van der Waals surface area contributed by atoms with Crippen LogP contribution in [0.2, 0.25) is 0 Å². The molecule has 0 spiro atoms. The number of thiocarbonyl (C=S) groups is 1. The number of anilines is 1. The molecule has 3 N–H and O–H groups in total. The number of carbonyl (C=O) groups is 1. The van der Waals surface area contributed by atoms with Gasteiger partial charge in [-0.15, -0.1) is 0 Å². The summed E-state index contributed by atoms with van der Waals surface area (Å²) in [5, 5.41) is 6.98. The van der Waals surface area contributed by atoms with E-state index in [9.17, 15) is 4.79 Å². The number of nitrogens with zero attached hydrogens (tertiary/aromatic N) is 2. The van der Waals surface area contributed by atoms with Crippen LogP contribution in [0.25, 0.3) is 0 Å². The van der Waals surface area contributed by atoms with Crippen LogP contribution in [0, 0.1) is 12.3 Å². The Morgan fingerprint density at radius 2 is 2.11 bits per heavy atom. The highest BCUT2D eigenvalue weighted by atomic mass is 32.1. The van der Waals surface area contributed by atoms with E-state index in [-0.39, 0.29) is 10.9 Å². The van der Waals surface area contributed by atoms with Crippen LogP contribution in [0.1, 0.15) is 32.4 Å². The lowest BCUT2D eigenvalue weighted by Gasteiger charge is -2.28. The van der Waals surface area contributed by atoms with Gasteiger partial charge < -0.3 is 11.1 Å². The van der Waals surface area contributed by atoms with Crippen LogP contribution in [0.3, 0.4) is 0 Å². The molecule has 18 heavy (non-hydrogen) atoms. The fraction of sp³-hybridized carbons (Fsp3) is 0.583. The summed E-state index contributed by atoms with van der Waals surface area (Å²) in [6.07, 6.45) is 1.16. The van der Waals surface area contributed by atoms with Crippen molar-refractivity contribution in [2.45, 2.75) is 33.6 Å². The van der Waals surface area contributed by atoms with Gasteiger partial charge in [0.2, 0.25) is 5.91 Å². The molecule has 0 aliphatic heterocycles. The van der Waals surface area contributed by atoms with E-state index in [1.54, 1.807) is 4.68 Å². The molecule has 1 aromatic rings. The monoisotopic (exact) mass is 268 g/mol. The van der Waals surface area contributed by atoms with Gasteiger partial charge in [0, 0.05) is 18.8 Å². The Kier molecular flexibility index (Phi) is 4.45. The minimum absolute atomic E-state index is 0.182. The smallest absolute Gasteiger partial charge is 0.238 e. The number of hydrogen-bond donors (Lipinski definition) is 2. The number of carbonyl (C=O) groups excluding carboxylic acids is 1. The maximum atomic E-state index is 12.3. The Labute approximate surface area is 113 Å². The van der Waals surface area contributed by atoms with Crippen LogP contribution < -0.4 is 11.1 Å². The molecule has 0 aliphatic carbocycles. The van der Waals surface area contributed by atoms with Crippen molar-refractivity contribution >= 4 is 28.9 Å². The summed E-state index contributed by atoms with van der Waals surface area (Å²) < 4.78 is 1.70. The van der Waals surface area contributed by atoms with Crippen molar-refractivity contribution in [3.8, 4) is 0 Å². The van der Waals surface area contributed by atoms with Gasteiger partial charge in [-0.1, -0.05) is 26.1 Å². The van der Waals surface area contributed by atoms with E-state index in [2.05, 4.69) is 10.4 Å². The van der Waals surface area contributed by atoms with Gasteiger partial charge in [0.05, 0.1) is 10.4 Å². The average Bonchev–Trinajstić information content (AvgIpc) is 2.59. The highest BCUT2D eigenvalue weighted by Gasteiger charge is 2.38. The summed E-state index contributed by atoms with van der Waals surface area (Å²) in [5.41, 5.74) is 5.91. The van der Waals surface area contributed by atoms with Crippen molar-refractivity contribution < 1.29 is 4.79 Å². The third kappa shape index (κ3) is 2.53. The number of rotatable bonds is 5. The minimum atomic E-state index is -0.791. The van der Waals surface area contributed by atoms with Crippen LogP contribution >= 0.6 is 12.2 Å². The summed E-state index contributed by atoms with van der Waals surface area (Å²) >= 11 is 5.04. The molecule has 1 amide bonds. The SMILES string of the molecule is CCC(CC)(C(=O)Nc1cc(C)n(C)n1)C(N)=S. The molecule has 1 heterocycles. The first-order chi connectivity index (χ1) is 8.37. The Balaban J connectivity index is 2.95. The molecule has 0 atom stereocenters. The van der Waals surface area contributed by atoms with E-state index >= 15 is 0 Å². The van der Waals surface area contributed by atoms with Crippen molar-refractivity contribution in [2.24, 2.45) is 18.2 Å². The first kappa shape index (κ1) is 14.6. The quantitative estimate of drug-likeness (QED) is 0.798. The molecule has 6 heteroatoms. The van der Waals surface area contributed by atoms with Gasteiger partial charge in [0.25, 0.3) is 0 Å². The summed E-state index contributed by atoms with van der Waals surface area (Å²) in [4.78, 5) is 12.6.